The number of aromatic nitrogens is 2. The highest BCUT2D eigenvalue weighted by atomic mass is 32.1. The van der Waals surface area contributed by atoms with Gasteiger partial charge in [-0.15, -0.1) is 11.3 Å². The molecule has 0 bridgehead atoms. The summed E-state index contributed by atoms with van der Waals surface area (Å²) in [5.41, 5.74) is 1.49. The van der Waals surface area contributed by atoms with E-state index in [1.54, 1.807) is 36.5 Å². The fraction of sp³-hybridized carbons (Fsp3) is 0.111. The van der Waals surface area contributed by atoms with E-state index in [4.69, 9.17) is 4.74 Å². The maximum absolute atomic E-state index is 13.7. The number of methoxy groups -OCH3 is 1. The molecule has 174 valence electrons. The van der Waals surface area contributed by atoms with Gasteiger partial charge in [-0.25, -0.2) is 0 Å². The summed E-state index contributed by atoms with van der Waals surface area (Å²) in [5, 5.41) is 3.92. The first-order valence-corrected chi connectivity index (χ1v) is 11.8. The molecule has 1 N–H and O–H groups in total. The van der Waals surface area contributed by atoms with Crippen LogP contribution < -0.4 is 15.6 Å². The van der Waals surface area contributed by atoms with Crippen LogP contribution in [0.3, 0.4) is 0 Å². The van der Waals surface area contributed by atoms with Gasteiger partial charge in [0.05, 0.1) is 36.1 Å². The molecule has 0 fully saturated rings. The van der Waals surface area contributed by atoms with E-state index in [0.717, 1.165) is 5.39 Å². The van der Waals surface area contributed by atoms with Crippen LogP contribution in [-0.4, -0.2) is 28.4 Å². The summed E-state index contributed by atoms with van der Waals surface area (Å²) in [5.74, 6) is -0.330. The van der Waals surface area contributed by atoms with Gasteiger partial charge in [0.15, 0.2) is 11.5 Å². The Kier molecular flexibility index (Phi) is 6.12. The third-order valence-corrected chi connectivity index (χ3v) is 6.93. The molecule has 0 radical (unpaired) electrons. The second kappa shape index (κ2) is 9.52. The molecule has 0 aliphatic carbocycles. The van der Waals surface area contributed by atoms with Gasteiger partial charge in [-0.1, -0.05) is 54.6 Å². The monoisotopic (exact) mass is 483 g/mol. The van der Waals surface area contributed by atoms with Crippen molar-refractivity contribution >= 4 is 44.0 Å². The third-order valence-electron chi connectivity index (χ3n) is 5.73. The minimum atomic E-state index is -0.375. The number of thiophene rings is 1. The van der Waals surface area contributed by atoms with Crippen LogP contribution in [0.2, 0.25) is 0 Å². The fourth-order valence-electron chi connectivity index (χ4n) is 4.06. The van der Waals surface area contributed by atoms with E-state index in [2.05, 4.69) is 10.3 Å². The number of ketones is 1. The van der Waals surface area contributed by atoms with E-state index in [9.17, 15) is 14.4 Å². The van der Waals surface area contributed by atoms with Crippen molar-refractivity contribution in [2.75, 3.05) is 7.11 Å². The minimum Gasteiger partial charge on any atom is -0.494 e. The molecule has 0 saturated carbocycles. The molecule has 35 heavy (non-hydrogen) atoms. The number of Topliss-reactive ketones (excluding diaryl/α,β-unsaturated/α-hetero) is 1. The second-order valence-electron chi connectivity index (χ2n) is 7.87. The van der Waals surface area contributed by atoms with Crippen molar-refractivity contribution in [3.8, 4) is 5.75 Å². The largest absolute Gasteiger partial charge is 0.494 e. The highest BCUT2D eigenvalue weighted by molar-refractivity contribution is 7.22. The van der Waals surface area contributed by atoms with Gasteiger partial charge in [-0.2, -0.15) is 0 Å². The lowest BCUT2D eigenvalue weighted by Gasteiger charge is -2.11. The molecule has 3 heterocycles. The number of nitrogens with one attached hydrogen (secondary N) is 1. The van der Waals surface area contributed by atoms with Crippen molar-refractivity contribution in [2.24, 2.45) is 0 Å². The van der Waals surface area contributed by atoms with Gasteiger partial charge in [0.1, 0.15) is 10.3 Å². The average molecular weight is 484 g/mol. The SMILES string of the molecule is COc1c(C(=O)NCc2ccccn2)sc2c1c(=O)n(CC(=O)c1ccccc1)c1ccccc21. The molecule has 5 aromatic rings. The molecule has 0 aliphatic rings. The Morgan fingerprint density at radius 3 is 2.49 bits per heavy atom. The Morgan fingerprint density at radius 2 is 1.74 bits per heavy atom. The number of carbonyl (C=O) groups excluding carboxylic acids is 2. The van der Waals surface area contributed by atoms with Crippen molar-refractivity contribution in [2.45, 2.75) is 13.1 Å². The summed E-state index contributed by atoms with van der Waals surface area (Å²) < 4.78 is 7.69. The van der Waals surface area contributed by atoms with Crippen molar-refractivity contribution in [1.29, 1.82) is 0 Å². The molecule has 1 amide bonds. The van der Waals surface area contributed by atoms with E-state index < -0.39 is 0 Å². The standard InChI is InChI=1S/C27H21N3O4S/c1-34-23-22-24(35-25(23)26(32)29-15-18-11-7-8-14-28-18)19-12-5-6-13-20(19)30(27(22)33)16-21(31)17-9-3-2-4-10-17/h2-14H,15-16H2,1H3,(H,29,32). The van der Waals surface area contributed by atoms with Crippen LogP contribution in [0.15, 0.2) is 83.8 Å². The lowest BCUT2D eigenvalue weighted by Crippen LogP contribution is -2.25. The fourth-order valence-corrected chi connectivity index (χ4v) is 5.27. The number of fused-ring (bicyclic) bond motifs is 3. The molecule has 0 saturated heterocycles. The van der Waals surface area contributed by atoms with E-state index in [1.165, 1.54) is 23.0 Å². The molecule has 5 rings (SSSR count). The molecule has 0 spiro atoms. The second-order valence-corrected chi connectivity index (χ2v) is 8.89. The number of hydrogen-bond donors (Lipinski definition) is 1. The Balaban J connectivity index is 1.62. The summed E-state index contributed by atoms with van der Waals surface area (Å²) in [4.78, 5) is 44.3. The van der Waals surface area contributed by atoms with Crippen LogP contribution in [0, 0.1) is 0 Å². The number of benzene rings is 2. The third kappa shape index (κ3) is 4.20. The summed E-state index contributed by atoms with van der Waals surface area (Å²) in [7, 11) is 1.44. The van der Waals surface area contributed by atoms with Crippen LogP contribution in [0.1, 0.15) is 25.7 Å². The summed E-state index contributed by atoms with van der Waals surface area (Å²) in [6.07, 6.45) is 1.66. The minimum absolute atomic E-state index is 0.125. The first-order valence-electron chi connectivity index (χ1n) is 11.0. The van der Waals surface area contributed by atoms with Crippen molar-refractivity contribution < 1.29 is 14.3 Å². The van der Waals surface area contributed by atoms with Crippen LogP contribution in [0.4, 0.5) is 0 Å². The highest BCUT2D eigenvalue weighted by Crippen LogP contribution is 2.39. The number of rotatable bonds is 7. The molecule has 0 unspecified atom stereocenters. The van der Waals surface area contributed by atoms with Crippen LogP contribution in [0.25, 0.3) is 21.0 Å². The van der Waals surface area contributed by atoms with Crippen molar-refractivity contribution in [3.63, 3.8) is 0 Å². The van der Waals surface area contributed by atoms with Crippen molar-refractivity contribution in [3.05, 3.63) is 105 Å². The summed E-state index contributed by atoms with van der Waals surface area (Å²) in [6, 6.07) is 21.7. The number of hydrogen-bond acceptors (Lipinski definition) is 6. The molecule has 3 aromatic heterocycles. The van der Waals surface area contributed by atoms with E-state index in [0.29, 0.717) is 31.7 Å². The van der Waals surface area contributed by atoms with Gasteiger partial charge in [0.2, 0.25) is 0 Å². The van der Waals surface area contributed by atoms with Gasteiger partial charge in [0, 0.05) is 17.1 Å². The number of para-hydroxylation sites is 1. The molecular formula is C27H21N3O4S. The predicted molar refractivity (Wildman–Crippen MR) is 136 cm³/mol. The first kappa shape index (κ1) is 22.5. The number of carbonyl (C=O) groups is 2. The maximum atomic E-state index is 13.7. The van der Waals surface area contributed by atoms with Gasteiger partial charge in [-0.3, -0.25) is 23.9 Å². The average Bonchev–Trinajstić information content (AvgIpc) is 3.31. The zero-order valence-corrected chi connectivity index (χ0v) is 19.7. The number of amides is 1. The maximum Gasteiger partial charge on any atom is 0.265 e. The number of ether oxygens (including phenoxy) is 1. The molecule has 2 aromatic carbocycles. The van der Waals surface area contributed by atoms with E-state index in [1.807, 2.05) is 42.5 Å². The predicted octanol–water partition coefficient (Wildman–Crippen LogP) is 4.43. The van der Waals surface area contributed by atoms with Gasteiger partial charge < -0.3 is 10.1 Å². The van der Waals surface area contributed by atoms with E-state index in [-0.39, 0.29) is 36.1 Å². The topological polar surface area (TPSA) is 90.3 Å². The van der Waals surface area contributed by atoms with Crippen LogP contribution in [0.5, 0.6) is 5.75 Å². The zero-order chi connectivity index (χ0) is 24.4. The first-order chi connectivity index (χ1) is 17.1. The molecule has 8 heteroatoms. The lowest BCUT2D eigenvalue weighted by molar-refractivity contribution is 0.0948. The number of pyridine rings is 2. The molecule has 0 aliphatic heterocycles. The lowest BCUT2D eigenvalue weighted by atomic mass is 10.1. The Labute approximate surface area is 204 Å². The quantitative estimate of drug-likeness (QED) is 0.346. The summed E-state index contributed by atoms with van der Waals surface area (Å²) >= 11 is 1.20. The smallest absolute Gasteiger partial charge is 0.265 e. The highest BCUT2D eigenvalue weighted by Gasteiger charge is 2.25. The molecule has 7 nitrogen and oxygen atoms in total. The Bertz CT molecular complexity index is 1610. The Morgan fingerprint density at radius 1 is 1.00 bits per heavy atom. The van der Waals surface area contributed by atoms with Crippen LogP contribution in [-0.2, 0) is 13.1 Å². The number of nitrogens with zero attached hydrogens (tertiary/aromatic N) is 2. The summed E-state index contributed by atoms with van der Waals surface area (Å²) in [6.45, 7) is 0.118. The van der Waals surface area contributed by atoms with Crippen molar-refractivity contribution in [1.82, 2.24) is 14.9 Å². The van der Waals surface area contributed by atoms with E-state index >= 15 is 0 Å². The normalized spacial score (nSPS) is 11.0. The van der Waals surface area contributed by atoms with Crippen LogP contribution >= 0.6 is 11.3 Å². The molecule has 0 atom stereocenters. The van der Waals surface area contributed by atoms with Gasteiger partial charge in [0.25, 0.3) is 11.5 Å². The molecular weight excluding hydrogens is 462 g/mol. The van der Waals surface area contributed by atoms with Gasteiger partial charge in [-0.05, 0) is 18.2 Å². The van der Waals surface area contributed by atoms with Gasteiger partial charge >= 0.3 is 0 Å². The Hall–Kier alpha value is -4.30. The zero-order valence-electron chi connectivity index (χ0n) is 18.9.